The minimum absolute atomic E-state index is 0.315. The van der Waals surface area contributed by atoms with Gasteiger partial charge in [0.2, 0.25) is 0 Å². The van der Waals surface area contributed by atoms with Crippen LogP contribution in [0.5, 0.6) is 5.75 Å². The largest absolute Gasteiger partial charge is 0.479 e. The molecule has 0 fully saturated rings. The van der Waals surface area contributed by atoms with Crippen LogP contribution in [0.15, 0.2) is 18.2 Å². The predicted molar refractivity (Wildman–Crippen MR) is 81.5 cm³/mol. The fourth-order valence-electron chi connectivity index (χ4n) is 2.19. The zero-order valence-electron chi connectivity index (χ0n) is 13.0. The second-order valence-corrected chi connectivity index (χ2v) is 5.64. The lowest BCUT2D eigenvalue weighted by Gasteiger charge is -2.19. The summed E-state index contributed by atoms with van der Waals surface area (Å²) >= 11 is 0. The van der Waals surface area contributed by atoms with E-state index in [0.717, 1.165) is 30.4 Å². The summed E-state index contributed by atoms with van der Waals surface area (Å²) < 4.78 is 5.80. The smallest absolute Gasteiger partial charge is 0.344 e. The topological polar surface area (TPSA) is 46.5 Å². The van der Waals surface area contributed by atoms with Crippen molar-refractivity contribution in [1.82, 2.24) is 0 Å². The molecule has 1 N–H and O–H groups in total. The molecule has 0 saturated heterocycles. The SMILES string of the molecule is CCCCCC(Oc1cc(C)ccc1C(C)C)C(=O)O. The van der Waals surface area contributed by atoms with Gasteiger partial charge in [0, 0.05) is 0 Å². The number of aryl methyl sites for hydroxylation is 1. The van der Waals surface area contributed by atoms with Gasteiger partial charge >= 0.3 is 5.97 Å². The van der Waals surface area contributed by atoms with Crippen molar-refractivity contribution in [2.75, 3.05) is 0 Å². The fourth-order valence-corrected chi connectivity index (χ4v) is 2.19. The Morgan fingerprint density at radius 2 is 2.00 bits per heavy atom. The van der Waals surface area contributed by atoms with Crippen molar-refractivity contribution in [2.24, 2.45) is 0 Å². The lowest BCUT2D eigenvalue weighted by atomic mass is 10.0. The van der Waals surface area contributed by atoms with Gasteiger partial charge in [-0.15, -0.1) is 0 Å². The van der Waals surface area contributed by atoms with E-state index in [4.69, 9.17) is 4.74 Å². The Labute approximate surface area is 122 Å². The maximum Gasteiger partial charge on any atom is 0.344 e. The van der Waals surface area contributed by atoms with Crippen LogP contribution < -0.4 is 4.74 Å². The molecule has 1 unspecified atom stereocenters. The number of hydrogen-bond donors (Lipinski definition) is 1. The molecular weight excluding hydrogens is 252 g/mol. The molecule has 0 spiro atoms. The third-order valence-corrected chi connectivity index (χ3v) is 3.41. The second kappa shape index (κ2) is 7.93. The summed E-state index contributed by atoms with van der Waals surface area (Å²) in [6.45, 7) is 8.27. The Kier molecular flexibility index (Phi) is 6.56. The summed E-state index contributed by atoms with van der Waals surface area (Å²) in [6.07, 6.45) is 2.82. The summed E-state index contributed by atoms with van der Waals surface area (Å²) in [6, 6.07) is 6.00. The van der Waals surface area contributed by atoms with E-state index in [-0.39, 0.29) is 0 Å². The molecule has 0 amide bonds. The first-order valence-electron chi connectivity index (χ1n) is 7.45. The third-order valence-electron chi connectivity index (χ3n) is 3.41. The van der Waals surface area contributed by atoms with Crippen LogP contribution in [-0.4, -0.2) is 17.2 Å². The van der Waals surface area contributed by atoms with Crippen LogP contribution in [0.25, 0.3) is 0 Å². The van der Waals surface area contributed by atoms with Gasteiger partial charge in [0.05, 0.1) is 0 Å². The summed E-state index contributed by atoms with van der Waals surface area (Å²) in [4.78, 5) is 11.3. The summed E-state index contributed by atoms with van der Waals surface area (Å²) in [5, 5.41) is 9.31. The van der Waals surface area contributed by atoms with E-state index in [0.29, 0.717) is 18.1 Å². The first-order valence-corrected chi connectivity index (χ1v) is 7.45. The molecule has 112 valence electrons. The number of unbranched alkanes of at least 4 members (excludes halogenated alkanes) is 2. The average molecular weight is 278 g/mol. The number of rotatable bonds is 8. The highest BCUT2D eigenvalue weighted by Gasteiger charge is 2.21. The van der Waals surface area contributed by atoms with Gasteiger partial charge in [0.1, 0.15) is 5.75 Å². The lowest BCUT2D eigenvalue weighted by molar-refractivity contribution is -0.145. The Morgan fingerprint density at radius 3 is 2.55 bits per heavy atom. The van der Waals surface area contributed by atoms with Crippen molar-refractivity contribution in [3.63, 3.8) is 0 Å². The van der Waals surface area contributed by atoms with E-state index in [1.807, 2.05) is 25.1 Å². The number of carboxylic acids is 1. The predicted octanol–water partition coefficient (Wildman–Crippen LogP) is 4.53. The van der Waals surface area contributed by atoms with Gasteiger partial charge in [0.15, 0.2) is 6.10 Å². The van der Waals surface area contributed by atoms with Crippen LogP contribution in [0.1, 0.15) is 63.5 Å². The molecule has 0 aromatic heterocycles. The number of ether oxygens (including phenoxy) is 1. The maximum atomic E-state index is 11.3. The van der Waals surface area contributed by atoms with E-state index < -0.39 is 12.1 Å². The zero-order valence-corrected chi connectivity index (χ0v) is 13.0. The minimum Gasteiger partial charge on any atom is -0.479 e. The van der Waals surface area contributed by atoms with Crippen molar-refractivity contribution < 1.29 is 14.6 Å². The van der Waals surface area contributed by atoms with Crippen molar-refractivity contribution in [1.29, 1.82) is 0 Å². The molecule has 1 atom stereocenters. The Morgan fingerprint density at radius 1 is 1.30 bits per heavy atom. The molecule has 1 aromatic carbocycles. The van der Waals surface area contributed by atoms with Gasteiger partial charge in [-0.1, -0.05) is 45.7 Å². The highest BCUT2D eigenvalue weighted by Crippen LogP contribution is 2.29. The number of carboxylic acid groups (broad SMARTS) is 1. The van der Waals surface area contributed by atoms with E-state index >= 15 is 0 Å². The minimum atomic E-state index is -0.877. The Hall–Kier alpha value is -1.51. The number of aliphatic carboxylic acids is 1. The van der Waals surface area contributed by atoms with Gasteiger partial charge in [-0.25, -0.2) is 4.79 Å². The molecule has 0 radical (unpaired) electrons. The standard InChI is InChI=1S/C17H26O3/c1-5-6-7-8-15(17(18)19)20-16-11-13(4)9-10-14(16)12(2)3/h9-12,15H,5-8H2,1-4H3,(H,18,19). The fraction of sp³-hybridized carbons (Fsp3) is 0.588. The summed E-state index contributed by atoms with van der Waals surface area (Å²) in [7, 11) is 0. The van der Waals surface area contributed by atoms with Gasteiger partial charge < -0.3 is 9.84 Å². The molecule has 0 bridgehead atoms. The van der Waals surface area contributed by atoms with Gasteiger partial charge in [0.25, 0.3) is 0 Å². The molecule has 0 aliphatic rings. The molecule has 3 heteroatoms. The van der Waals surface area contributed by atoms with Crippen LogP contribution in [-0.2, 0) is 4.79 Å². The van der Waals surface area contributed by atoms with Crippen LogP contribution in [0.3, 0.4) is 0 Å². The Bertz CT molecular complexity index is 438. The quantitative estimate of drug-likeness (QED) is 0.711. The normalized spacial score (nSPS) is 12.4. The highest BCUT2D eigenvalue weighted by molar-refractivity contribution is 5.72. The molecule has 1 rings (SSSR count). The van der Waals surface area contributed by atoms with Gasteiger partial charge in [-0.2, -0.15) is 0 Å². The Balaban J connectivity index is 2.86. The van der Waals surface area contributed by atoms with E-state index in [1.165, 1.54) is 0 Å². The lowest BCUT2D eigenvalue weighted by Crippen LogP contribution is -2.27. The molecule has 0 aliphatic carbocycles. The first-order chi connectivity index (χ1) is 9.45. The monoisotopic (exact) mass is 278 g/mol. The molecule has 20 heavy (non-hydrogen) atoms. The molecule has 0 aliphatic heterocycles. The maximum absolute atomic E-state index is 11.3. The van der Waals surface area contributed by atoms with Crippen LogP contribution >= 0.6 is 0 Å². The second-order valence-electron chi connectivity index (χ2n) is 5.64. The van der Waals surface area contributed by atoms with Crippen molar-refractivity contribution in [3.8, 4) is 5.75 Å². The number of carbonyl (C=O) groups is 1. The average Bonchev–Trinajstić information content (AvgIpc) is 2.37. The van der Waals surface area contributed by atoms with E-state index in [1.54, 1.807) is 0 Å². The van der Waals surface area contributed by atoms with Gasteiger partial charge in [-0.3, -0.25) is 0 Å². The third kappa shape index (κ3) is 4.87. The van der Waals surface area contributed by atoms with E-state index in [9.17, 15) is 9.90 Å². The van der Waals surface area contributed by atoms with Crippen LogP contribution in [0, 0.1) is 6.92 Å². The summed E-state index contributed by atoms with van der Waals surface area (Å²) in [5.74, 6) is 0.150. The molecule has 0 saturated carbocycles. The summed E-state index contributed by atoms with van der Waals surface area (Å²) in [5.41, 5.74) is 2.15. The van der Waals surface area contributed by atoms with Crippen molar-refractivity contribution >= 4 is 5.97 Å². The molecule has 0 heterocycles. The number of benzene rings is 1. The van der Waals surface area contributed by atoms with Crippen molar-refractivity contribution in [3.05, 3.63) is 29.3 Å². The van der Waals surface area contributed by atoms with Gasteiger partial charge in [-0.05, 0) is 42.9 Å². The number of hydrogen-bond acceptors (Lipinski definition) is 2. The van der Waals surface area contributed by atoms with Crippen LogP contribution in [0.2, 0.25) is 0 Å². The zero-order chi connectivity index (χ0) is 15.1. The van der Waals surface area contributed by atoms with E-state index in [2.05, 4.69) is 20.8 Å². The van der Waals surface area contributed by atoms with Crippen molar-refractivity contribution in [2.45, 2.75) is 65.4 Å². The molecular formula is C17H26O3. The molecule has 3 nitrogen and oxygen atoms in total. The first kappa shape index (κ1) is 16.5. The van der Waals surface area contributed by atoms with Crippen LogP contribution in [0.4, 0.5) is 0 Å². The highest BCUT2D eigenvalue weighted by atomic mass is 16.5. The molecule has 1 aromatic rings.